The second kappa shape index (κ2) is 10.6. The van der Waals surface area contributed by atoms with Gasteiger partial charge in [-0.1, -0.05) is 48.0 Å². The number of halogens is 10. The van der Waals surface area contributed by atoms with Crippen LogP contribution in [0.2, 0.25) is 5.02 Å². The first-order valence-corrected chi connectivity index (χ1v) is 12.0. The Hall–Kier alpha value is -3.26. The summed E-state index contributed by atoms with van der Waals surface area (Å²) in [5.41, 5.74) is -5.96. The van der Waals surface area contributed by atoms with E-state index in [4.69, 9.17) is 11.6 Å². The lowest BCUT2D eigenvalue weighted by Gasteiger charge is -2.36. The van der Waals surface area contributed by atoms with Gasteiger partial charge in [-0.05, 0) is 47.9 Å². The first kappa shape index (κ1) is 29.7. The maximum absolute atomic E-state index is 14.2. The SMILES string of the molecule is O=C(OC(C1=NN(c2ccccc2Cl)C(c2cccc(C3=CCNCC3)c2)C1)(C(F)(F)F)C(F)(F)F)C(F)(F)F. The van der Waals surface area contributed by atoms with Crippen LogP contribution >= 0.6 is 11.6 Å². The molecule has 5 nitrogen and oxygen atoms in total. The number of esters is 1. The molecule has 0 radical (unpaired) electrons. The van der Waals surface area contributed by atoms with E-state index in [2.05, 4.69) is 15.2 Å². The molecule has 1 unspecified atom stereocenters. The van der Waals surface area contributed by atoms with E-state index in [1.807, 2.05) is 6.08 Å². The van der Waals surface area contributed by atoms with Gasteiger partial charge in [0.15, 0.2) is 0 Å². The molecule has 2 aromatic carbocycles. The van der Waals surface area contributed by atoms with Gasteiger partial charge in [-0.25, -0.2) is 4.79 Å². The van der Waals surface area contributed by atoms with Gasteiger partial charge < -0.3 is 10.1 Å². The summed E-state index contributed by atoms with van der Waals surface area (Å²) >= 11 is 6.19. The zero-order valence-corrected chi connectivity index (χ0v) is 20.8. The average molecular weight is 600 g/mol. The van der Waals surface area contributed by atoms with Crippen molar-refractivity contribution in [1.82, 2.24) is 5.32 Å². The first-order valence-electron chi connectivity index (χ1n) is 11.6. The number of rotatable bonds is 5. The molecule has 0 bridgehead atoms. The molecule has 40 heavy (non-hydrogen) atoms. The smallest absolute Gasteiger partial charge is 0.427 e. The molecule has 4 rings (SSSR count). The third-order valence-electron chi connectivity index (χ3n) is 6.40. The summed E-state index contributed by atoms with van der Waals surface area (Å²) in [6.45, 7) is 1.19. The lowest BCUT2D eigenvalue weighted by molar-refractivity contribution is -0.348. The minimum Gasteiger partial charge on any atom is -0.427 e. The number of anilines is 1. The summed E-state index contributed by atoms with van der Waals surface area (Å²) in [7, 11) is 0. The van der Waals surface area contributed by atoms with E-state index in [1.165, 1.54) is 30.3 Å². The number of alkyl halides is 9. The van der Waals surface area contributed by atoms with Gasteiger partial charge in [-0.3, -0.25) is 5.01 Å². The van der Waals surface area contributed by atoms with Crippen LogP contribution in [0.15, 0.2) is 59.7 Å². The third kappa shape index (κ3) is 5.51. The minimum absolute atomic E-state index is 0.105. The maximum Gasteiger partial charge on any atom is 0.490 e. The molecule has 1 atom stereocenters. The molecule has 15 heteroatoms. The highest BCUT2D eigenvalue weighted by atomic mass is 35.5. The van der Waals surface area contributed by atoms with Crippen LogP contribution in [0.4, 0.5) is 45.2 Å². The molecule has 2 aliphatic heterocycles. The van der Waals surface area contributed by atoms with Crippen LogP contribution in [0.5, 0.6) is 0 Å². The predicted molar refractivity (Wildman–Crippen MR) is 128 cm³/mol. The summed E-state index contributed by atoms with van der Waals surface area (Å²) in [6.07, 6.45) is -18.0. The molecule has 216 valence electrons. The zero-order valence-electron chi connectivity index (χ0n) is 20.1. The molecule has 0 amide bonds. The zero-order chi connectivity index (χ0) is 29.5. The molecule has 2 aliphatic rings. The Morgan fingerprint density at radius 3 is 2.23 bits per heavy atom. The molecule has 2 aromatic rings. The van der Waals surface area contributed by atoms with E-state index in [9.17, 15) is 44.3 Å². The fourth-order valence-electron chi connectivity index (χ4n) is 4.53. The quantitative estimate of drug-likeness (QED) is 0.297. The summed E-state index contributed by atoms with van der Waals surface area (Å²) in [5, 5.41) is 7.29. The van der Waals surface area contributed by atoms with E-state index in [0.29, 0.717) is 25.1 Å². The van der Waals surface area contributed by atoms with Crippen LogP contribution in [-0.4, -0.2) is 48.9 Å². The van der Waals surface area contributed by atoms with Gasteiger partial charge in [0.2, 0.25) is 0 Å². The van der Waals surface area contributed by atoms with Crippen molar-refractivity contribution in [1.29, 1.82) is 0 Å². The van der Waals surface area contributed by atoms with Crippen LogP contribution in [0.1, 0.15) is 30.0 Å². The lowest BCUT2D eigenvalue weighted by Crippen LogP contribution is -2.65. The Labute approximate surface area is 226 Å². The molecular weight excluding hydrogens is 581 g/mol. The molecule has 0 spiro atoms. The van der Waals surface area contributed by atoms with E-state index < -0.39 is 48.3 Å². The Bertz CT molecular complexity index is 1320. The van der Waals surface area contributed by atoms with Crippen molar-refractivity contribution in [3.05, 3.63) is 70.8 Å². The molecule has 0 aliphatic carbocycles. The Balaban J connectivity index is 1.89. The summed E-state index contributed by atoms with van der Waals surface area (Å²) in [6, 6.07) is 10.3. The summed E-state index contributed by atoms with van der Waals surface area (Å²) in [4.78, 5) is 11.5. The topological polar surface area (TPSA) is 53.9 Å². The van der Waals surface area contributed by atoms with E-state index in [-0.39, 0.29) is 16.3 Å². The van der Waals surface area contributed by atoms with Crippen LogP contribution in [0.25, 0.3) is 5.57 Å². The molecule has 0 saturated carbocycles. The number of nitrogens with zero attached hydrogens (tertiary/aromatic N) is 2. The second-order valence-corrected chi connectivity index (χ2v) is 9.34. The molecular formula is C25H19ClF9N3O2. The van der Waals surface area contributed by atoms with Crippen molar-refractivity contribution in [2.24, 2.45) is 5.10 Å². The van der Waals surface area contributed by atoms with Gasteiger partial charge in [0, 0.05) is 13.0 Å². The van der Waals surface area contributed by atoms with Crippen molar-refractivity contribution in [3.8, 4) is 0 Å². The third-order valence-corrected chi connectivity index (χ3v) is 6.72. The number of hydrogen-bond donors (Lipinski definition) is 1. The number of carbonyl (C=O) groups is 1. The van der Waals surface area contributed by atoms with Crippen molar-refractivity contribution in [2.45, 2.75) is 43.0 Å². The predicted octanol–water partition coefficient (Wildman–Crippen LogP) is 6.99. The Kier molecular flexibility index (Phi) is 7.89. The monoisotopic (exact) mass is 599 g/mol. The van der Waals surface area contributed by atoms with Crippen molar-refractivity contribution >= 4 is 34.5 Å². The van der Waals surface area contributed by atoms with E-state index in [0.717, 1.165) is 10.6 Å². The van der Waals surface area contributed by atoms with Crippen LogP contribution in [0.3, 0.4) is 0 Å². The number of benzene rings is 2. The normalized spacial score (nSPS) is 18.9. The molecule has 0 saturated heterocycles. The Morgan fingerprint density at radius 2 is 1.65 bits per heavy atom. The highest BCUT2D eigenvalue weighted by molar-refractivity contribution is 6.33. The van der Waals surface area contributed by atoms with Crippen molar-refractivity contribution in [3.63, 3.8) is 0 Å². The fourth-order valence-corrected chi connectivity index (χ4v) is 4.75. The maximum atomic E-state index is 14.2. The standard InChI is InChI=1S/C25H19ClF9N3O2/c26-17-6-1-2-7-18(17)38-19(16-5-3-4-15(12-16)14-8-10-36-11-9-14)13-20(37-38)22(24(30,31)32,25(33,34)35)40-21(39)23(27,28)29/h1-8,12,19,36H,9-11,13H2. The van der Waals surface area contributed by atoms with Crippen LogP contribution < -0.4 is 10.3 Å². The number of carbonyl (C=O) groups excluding carboxylic acids is 1. The summed E-state index contributed by atoms with van der Waals surface area (Å²) in [5.74, 6) is -3.67. The number of hydrazone groups is 1. The number of para-hydroxylation sites is 1. The van der Waals surface area contributed by atoms with Gasteiger partial charge in [0.25, 0.3) is 0 Å². The Morgan fingerprint density at radius 1 is 0.975 bits per heavy atom. The molecule has 1 N–H and O–H groups in total. The number of nitrogens with one attached hydrogen (secondary N) is 1. The average Bonchev–Trinajstić information content (AvgIpc) is 3.31. The van der Waals surface area contributed by atoms with Crippen molar-refractivity contribution < 1.29 is 49.0 Å². The number of ether oxygens (including phenoxy) is 1. The van der Waals surface area contributed by atoms with Crippen molar-refractivity contribution in [2.75, 3.05) is 18.1 Å². The minimum atomic E-state index is -6.56. The molecule has 2 heterocycles. The molecule has 0 aromatic heterocycles. The van der Waals surface area contributed by atoms with Crippen LogP contribution in [0, 0.1) is 0 Å². The highest BCUT2D eigenvalue weighted by Crippen LogP contribution is 2.52. The fraction of sp³-hybridized carbons (Fsp3) is 0.360. The van der Waals surface area contributed by atoms with Gasteiger partial charge >= 0.3 is 30.1 Å². The van der Waals surface area contributed by atoms with Gasteiger partial charge in [-0.2, -0.15) is 44.6 Å². The van der Waals surface area contributed by atoms with Gasteiger partial charge in [0.05, 0.1) is 16.8 Å². The highest BCUT2D eigenvalue weighted by Gasteiger charge is 2.79. The molecule has 0 fully saturated rings. The largest absolute Gasteiger partial charge is 0.490 e. The second-order valence-electron chi connectivity index (χ2n) is 8.94. The first-order chi connectivity index (χ1) is 18.6. The van der Waals surface area contributed by atoms with E-state index >= 15 is 0 Å². The summed E-state index contributed by atoms with van der Waals surface area (Å²) < 4.78 is 127. The number of hydrogen-bond acceptors (Lipinski definition) is 5. The lowest BCUT2D eigenvalue weighted by atomic mass is 9.88. The van der Waals surface area contributed by atoms with Gasteiger partial charge in [-0.15, -0.1) is 0 Å². The van der Waals surface area contributed by atoms with E-state index in [1.54, 1.807) is 18.2 Å². The van der Waals surface area contributed by atoms with Crippen LogP contribution in [-0.2, 0) is 9.53 Å². The van der Waals surface area contributed by atoms with Gasteiger partial charge in [0.1, 0.15) is 5.71 Å².